The van der Waals surface area contributed by atoms with E-state index in [9.17, 15) is 0 Å². The molecule has 2 aliphatic rings. The summed E-state index contributed by atoms with van der Waals surface area (Å²) in [5, 5.41) is 0. The average Bonchev–Trinajstić information content (AvgIpc) is 0.825. The summed E-state index contributed by atoms with van der Waals surface area (Å²) in [7, 11) is 0. The van der Waals surface area contributed by atoms with Crippen molar-refractivity contribution in [2.45, 2.75) is 191 Å². The summed E-state index contributed by atoms with van der Waals surface area (Å²) in [5.74, 6) is 0. The first kappa shape index (κ1) is 82.5. The van der Waals surface area contributed by atoms with Crippen LogP contribution in [-0.2, 0) is 10.8 Å². The Kier molecular flexibility index (Phi) is 27.5. The van der Waals surface area contributed by atoms with Gasteiger partial charge in [-0.1, -0.05) is 370 Å². The maximum absolute atomic E-state index is 2.53. The first-order valence-electron chi connectivity index (χ1n) is 43.0. The molecule has 0 amide bonds. The van der Waals surface area contributed by atoms with E-state index >= 15 is 0 Å². The fourth-order valence-electron chi connectivity index (χ4n) is 17.5. The van der Waals surface area contributed by atoms with Crippen molar-refractivity contribution in [1.29, 1.82) is 0 Å². The van der Waals surface area contributed by atoms with Gasteiger partial charge in [-0.15, -0.1) is 0 Å². The van der Waals surface area contributed by atoms with Crippen LogP contribution in [0.4, 0.5) is 51.2 Å². The van der Waals surface area contributed by atoms with Crippen LogP contribution < -0.4 is 14.7 Å². The number of hydrogen-bond donors (Lipinski definition) is 0. The molecule has 0 saturated carbocycles. The van der Waals surface area contributed by atoms with E-state index in [1.807, 2.05) is 0 Å². The van der Waals surface area contributed by atoms with Crippen LogP contribution in [0.5, 0.6) is 0 Å². The molecule has 0 unspecified atom stereocenters. The van der Waals surface area contributed by atoms with E-state index in [1.54, 1.807) is 11.1 Å². The minimum atomic E-state index is -0.273. The van der Waals surface area contributed by atoms with Gasteiger partial charge in [-0.05, 0) is 254 Å². The predicted molar refractivity (Wildman–Crippen MR) is 501 cm³/mol. The Balaban J connectivity index is 0.000000136. The quantitative estimate of drug-likeness (QED) is 0.0528. The van der Waals surface area contributed by atoms with E-state index in [0.29, 0.717) is 0 Å². The summed E-state index contributed by atoms with van der Waals surface area (Å²) in [6.45, 7) is 28.4. The molecule has 116 heavy (non-hydrogen) atoms. The molecule has 0 radical (unpaired) electrons. The first-order valence-corrected chi connectivity index (χ1v) is 43.0. The van der Waals surface area contributed by atoms with E-state index in [0.717, 1.165) is 34.1 Å². The van der Waals surface area contributed by atoms with Gasteiger partial charge in [0.1, 0.15) is 0 Å². The van der Waals surface area contributed by atoms with Crippen LogP contribution in [0, 0.1) is 76.2 Å². The molecule has 0 bridgehead atoms. The maximum Gasteiger partial charge on any atom is 0.0713 e. The second kappa shape index (κ2) is 38.7. The van der Waals surface area contributed by atoms with Crippen molar-refractivity contribution in [2.75, 3.05) is 14.7 Å². The maximum atomic E-state index is 2.53. The van der Waals surface area contributed by atoms with Crippen molar-refractivity contribution in [3.63, 3.8) is 0 Å². The minimum absolute atomic E-state index is 0.234. The number of nitrogens with zero attached hydrogens (tertiary/aromatic N) is 3. The van der Waals surface area contributed by atoms with Gasteiger partial charge in [0.25, 0.3) is 0 Å². The molecule has 16 rings (SSSR count). The topological polar surface area (TPSA) is 9.72 Å². The van der Waals surface area contributed by atoms with E-state index in [2.05, 4.69) is 432 Å². The van der Waals surface area contributed by atoms with Crippen LogP contribution in [0.1, 0.15) is 198 Å². The second-order valence-electron chi connectivity index (χ2n) is 33.2. The zero-order valence-corrected chi connectivity index (χ0v) is 71.4. The normalized spacial score (nSPS) is 12.3. The van der Waals surface area contributed by atoms with Crippen molar-refractivity contribution in [3.05, 3.63) is 422 Å². The highest BCUT2D eigenvalue weighted by atomic mass is 15.2. The lowest BCUT2D eigenvalue weighted by atomic mass is 9.67. The molecular formula is C113H121N3. The fourth-order valence-corrected chi connectivity index (χ4v) is 17.5. The molecule has 0 aromatic heterocycles. The zero-order chi connectivity index (χ0) is 81.1. The molecule has 0 atom stereocenters. The van der Waals surface area contributed by atoms with E-state index in [1.165, 1.54) is 213 Å². The van der Waals surface area contributed by atoms with Crippen molar-refractivity contribution in [3.8, 4) is 22.3 Å². The molecule has 14 aromatic rings. The number of anilines is 9. The smallest absolute Gasteiger partial charge is 0.0713 e. The molecule has 0 N–H and O–H groups in total. The fraction of sp³-hybridized carbons (Fsp3) is 0.257. The van der Waals surface area contributed by atoms with Gasteiger partial charge in [-0.3, -0.25) is 0 Å². The van der Waals surface area contributed by atoms with Gasteiger partial charge in [0, 0.05) is 56.6 Å². The Bertz CT molecular complexity index is 4970. The summed E-state index contributed by atoms with van der Waals surface area (Å²) < 4.78 is 0. The lowest BCUT2D eigenvalue weighted by Gasteiger charge is -2.34. The molecule has 14 aromatic carbocycles. The molecule has 2 aliphatic carbocycles. The third-order valence-corrected chi connectivity index (χ3v) is 23.9. The Morgan fingerprint density at radius 2 is 0.379 bits per heavy atom. The first-order chi connectivity index (χ1) is 56.4. The van der Waals surface area contributed by atoms with Gasteiger partial charge in [0.2, 0.25) is 0 Å². The molecule has 0 spiro atoms. The lowest BCUT2D eigenvalue weighted by molar-refractivity contribution is 0.397. The number of unbranched alkanes of at least 4 members (excludes halogenated alkanes) is 10. The van der Waals surface area contributed by atoms with Gasteiger partial charge in [0.15, 0.2) is 0 Å². The van der Waals surface area contributed by atoms with Crippen molar-refractivity contribution >= 4 is 51.2 Å². The van der Waals surface area contributed by atoms with E-state index in [-0.39, 0.29) is 10.8 Å². The summed E-state index contributed by atoms with van der Waals surface area (Å²) in [6, 6.07) is 120. The van der Waals surface area contributed by atoms with Crippen LogP contribution in [0.25, 0.3) is 22.3 Å². The van der Waals surface area contributed by atoms with Gasteiger partial charge in [-0.2, -0.15) is 0 Å². The standard InChI is InChI=1S/C34H32N2.C31H46.C27H22.C21H21N/c1-25-5-13-29(14-6-25)35(30-15-7-26(2)8-16-30)33-21-23-34(24-22-33)36(31-17-9-27(3)10-18-31)32-19-11-28(4)12-20-32;1-5-7-9-11-13-15-21-31(22-16-14-12-10-8-6-2)29-23-25(3)17-19-27(29)28-20-18-26(4)24-30(28)31;1-19-13-15-23-24-16-14-20(2)18-26(24)27(25(23)17-19,21-9-5-3-6-10-21)22-11-7-4-8-12-22;1-16-4-10-19(11-5-16)22(20-12-6-17(2)7-13-20)21-14-8-18(3)9-15-21/h5-24H,1-4H3;17-20,23-24H,5-16,21-22H2,1-4H3;3-18H,1-2H3;4-15H,1-3H3. The molecular weight excluding hydrogens is 1400 g/mol. The summed E-state index contributed by atoms with van der Waals surface area (Å²) in [6.07, 6.45) is 19.2. The SMILES string of the molecule is CCCCCCCCC1(CCCCCCCC)c2cc(C)ccc2-c2ccc(C)cc21.Cc1ccc(N(c2ccc(C)cc2)c2ccc(C)cc2)cc1.Cc1ccc(N(c2ccc(C)cc2)c2ccc(N(c3ccc(C)cc3)c3ccc(C)cc3)cc2)cc1.Cc1ccc2c(c1)C(c1ccccc1)(c1ccccc1)c1cc(C)ccc1-2. The Hall–Kier alpha value is -11.5. The monoisotopic (exact) mass is 1520 g/mol. The molecule has 588 valence electrons. The Labute approximate surface area is 696 Å². The largest absolute Gasteiger partial charge is 0.311 e. The Morgan fingerprint density at radius 3 is 0.612 bits per heavy atom. The average molecular weight is 1520 g/mol. The van der Waals surface area contributed by atoms with Crippen molar-refractivity contribution in [1.82, 2.24) is 0 Å². The van der Waals surface area contributed by atoms with E-state index < -0.39 is 0 Å². The highest BCUT2D eigenvalue weighted by Gasteiger charge is 2.46. The summed E-state index contributed by atoms with van der Waals surface area (Å²) in [4.78, 5) is 6.91. The van der Waals surface area contributed by atoms with Crippen LogP contribution in [0.3, 0.4) is 0 Å². The molecule has 3 nitrogen and oxygen atoms in total. The zero-order valence-electron chi connectivity index (χ0n) is 71.4. The molecule has 0 fully saturated rings. The highest BCUT2D eigenvalue weighted by molar-refractivity contribution is 5.88. The third-order valence-electron chi connectivity index (χ3n) is 23.9. The molecule has 0 aliphatic heterocycles. The van der Waals surface area contributed by atoms with Crippen molar-refractivity contribution < 1.29 is 0 Å². The van der Waals surface area contributed by atoms with Gasteiger partial charge in [0.05, 0.1) is 5.41 Å². The summed E-state index contributed by atoms with van der Waals surface area (Å²) >= 11 is 0. The molecule has 3 heteroatoms. The van der Waals surface area contributed by atoms with Crippen LogP contribution in [0.15, 0.2) is 328 Å². The van der Waals surface area contributed by atoms with Gasteiger partial charge < -0.3 is 14.7 Å². The molecule has 0 heterocycles. The number of benzene rings is 14. The van der Waals surface area contributed by atoms with Crippen LogP contribution >= 0.6 is 0 Å². The summed E-state index contributed by atoms with van der Waals surface area (Å²) in [5.41, 5.74) is 39.0. The highest BCUT2D eigenvalue weighted by Crippen LogP contribution is 2.58. The third kappa shape index (κ3) is 19.2. The Morgan fingerprint density at radius 1 is 0.190 bits per heavy atom. The van der Waals surface area contributed by atoms with E-state index in [4.69, 9.17) is 0 Å². The van der Waals surface area contributed by atoms with Crippen LogP contribution in [0.2, 0.25) is 0 Å². The second-order valence-corrected chi connectivity index (χ2v) is 33.2. The number of rotatable bonds is 25. The van der Waals surface area contributed by atoms with Gasteiger partial charge >= 0.3 is 0 Å². The van der Waals surface area contributed by atoms with Crippen molar-refractivity contribution in [2.24, 2.45) is 0 Å². The molecule has 0 saturated heterocycles. The van der Waals surface area contributed by atoms with Gasteiger partial charge in [-0.25, -0.2) is 0 Å². The minimum Gasteiger partial charge on any atom is -0.311 e. The predicted octanol–water partition coefficient (Wildman–Crippen LogP) is 32.7. The lowest BCUT2D eigenvalue weighted by Crippen LogP contribution is -2.28. The van der Waals surface area contributed by atoms with Crippen LogP contribution in [-0.4, -0.2) is 0 Å². The number of fused-ring (bicyclic) bond motifs is 6. The number of aryl methyl sites for hydroxylation is 11. The number of hydrogen-bond acceptors (Lipinski definition) is 3.